The maximum Gasteiger partial charge on any atom is 0.573 e. The third-order valence-electron chi connectivity index (χ3n) is 3.38. The standard InChI is InChI=1S/C15H13F3N4O2/c1-7(2)10-11-12(22-21-10)14(23)20-13(19-11)8-3-5-9(6-4-8)24-15(16,17)18/h3-7H,1-2H3,(H,21,22)(H,19,20,23). The van der Waals surface area contributed by atoms with Crippen LogP contribution in [-0.2, 0) is 0 Å². The Labute approximate surface area is 133 Å². The van der Waals surface area contributed by atoms with Crippen molar-refractivity contribution in [1.29, 1.82) is 0 Å². The fourth-order valence-electron chi connectivity index (χ4n) is 2.28. The summed E-state index contributed by atoms with van der Waals surface area (Å²) in [6.45, 7) is 3.86. The van der Waals surface area contributed by atoms with E-state index in [1.165, 1.54) is 12.1 Å². The van der Waals surface area contributed by atoms with E-state index in [1.54, 1.807) is 0 Å². The summed E-state index contributed by atoms with van der Waals surface area (Å²) in [5.74, 6) is -0.0186. The predicted octanol–water partition coefficient (Wildman–Crippen LogP) is 3.34. The third-order valence-corrected chi connectivity index (χ3v) is 3.38. The molecule has 0 saturated carbocycles. The minimum absolute atomic E-state index is 0.0831. The average molecular weight is 338 g/mol. The quantitative estimate of drug-likeness (QED) is 0.767. The Morgan fingerprint density at radius 1 is 1.12 bits per heavy atom. The fourth-order valence-corrected chi connectivity index (χ4v) is 2.28. The van der Waals surface area contributed by atoms with Gasteiger partial charge in [-0.25, -0.2) is 4.98 Å². The van der Waals surface area contributed by atoms with Gasteiger partial charge in [0, 0.05) is 5.56 Å². The number of fused-ring (bicyclic) bond motifs is 1. The predicted molar refractivity (Wildman–Crippen MR) is 80.7 cm³/mol. The zero-order valence-corrected chi connectivity index (χ0v) is 12.7. The van der Waals surface area contributed by atoms with E-state index in [4.69, 9.17) is 0 Å². The van der Waals surface area contributed by atoms with Crippen LogP contribution >= 0.6 is 0 Å². The van der Waals surface area contributed by atoms with Crippen molar-refractivity contribution in [2.24, 2.45) is 0 Å². The van der Waals surface area contributed by atoms with Crippen LogP contribution in [0.3, 0.4) is 0 Å². The lowest BCUT2D eigenvalue weighted by atomic mass is 10.1. The second-order valence-electron chi connectivity index (χ2n) is 5.48. The number of nitrogens with zero attached hydrogens (tertiary/aromatic N) is 2. The number of hydrogen-bond acceptors (Lipinski definition) is 4. The average Bonchev–Trinajstić information content (AvgIpc) is 2.91. The van der Waals surface area contributed by atoms with Crippen molar-refractivity contribution >= 4 is 11.0 Å². The number of H-pyrrole nitrogens is 2. The van der Waals surface area contributed by atoms with Crippen LogP contribution < -0.4 is 10.3 Å². The number of aromatic nitrogens is 4. The van der Waals surface area contributed by atoms with Gasteiger partial charge >= 0.3 is 6.36 Å². The summed E-state index contributed by atoms with van der Waals surface area (Å²) in [4.78, 5) is 19.1. The maximum absolute atomic E-state index is 12.2. The fraction of sp³-hybridized carbons (Fsp3) is 0.267. The van der Waals surface area contributed by atoms with Crippen molar-refractivity contribution < 1.29 is 17.9 Å². The second kappa shape index (κ2) is 5.66. The summed E-state index contributed by atoms with van der Waals surface area (Å²) in [6.07, 6.45) is -4.75. The van der Waals surface area contributed by atoms with Crippen LogP contribution in [0.2, 0.25) is 0 Å². The van der Waals surface area contributed by atoms with E-state index in [-0.39, 0.29) is 23.0 Å². The molecule has 0 bridgehead atoms. The van der Waals surface area contributed by atoms with E-state index in [1.807, 2.05) is 13.8 Å². The zero-order valence-electron chi connectivity index (χ0n) is 12.7. The highest BCUT2D eigenvalue weighted by Gasteiger charge is 2.31. The highest BCUT2D eigenvalue weighted by atomic mass is 19.4. The number of hydrogen-bond donors (Lipinski definition) is 2. The highest BCUT2D eigenvalue weighted by Crippen LogP contribution is 2.26. The molecule has 0 spiro atoms. The summed E-state index contributed by atoms with van der Waals surface area (Å²) < 4.78 is 40.4. The second-order valence-corrected chi connectivity index (χ2v) is 5.48. The molecule has 0 aliphatic rings. The minimum Gasteiger partial charge on any atom is -0.406 e. The third kappa shape index (κ3) is 3.10. The molecule has 0 atom stereocenters. The lowest BCUT2D eigenvalue weighted by molar-refractivity contribution is -0.274. The van der Waals surface area contributed by atoms with Crippen LogP contribution in [-0.4, -0.2) is 26.5 Å². The molecule has 0 aliphatic carbocycles. The Balaban J connectivity index is 2.03. The minimum atomic E-state index is -4.75. The van der Waals surface area contributed by atoms with Crippen LogP contribution in [0.4, 0.5) is 13.2 Å². The molecule has 0 aliphatic heterocycles. The maximum atomic E-state index is 12.2. The van der Waals surface area contributed by atoms with E-state index >= 15 is 0 Å². The monoisotopic (exact) mass is 338 g/mol. The lowest BCUT2D eigenvalue weighted by Crippen LogP contribution is -2.17. The van der Waals surface area contributed by atoms with Gasteiger partial charge in [0.25, 0.3) is 5.56 Å². The molecule has 3 aromatic rings. The number of rotatable bonds is 3. The Morgan fingerprint density at radius 3 is 2.38 bits per heavy atom. The zero-order chi connectivity index (χ0) is 17.5. The van der Waals surface area contributed by atoms with Gasteiger partial charge in [-0.2, -0.15) is 5.10 Å². The Bertz CT molecular complexity index is 927. The van der Waals surface area contributed by atoms with Crippen molar-refractivity contribution in [3.05, 3.63) is 40.3 Å². The normalized spacial score (nSPS) is 12.1. The molecule has 6 nitrogen and oxygen atoms in total. The molecular weight excluding hydrogens is 325 g/mol. The van der Waals surface area contributed by atoms with Crippen LogP contribution in [0.5, 0.6) is 5.75 Å². The summed E-state index contributed by atoms with van der Waals surface area (Å²) in [5, 5.41) is 6.74. The van der Waals surface area contributed by atoms with Crippen LogP contribution in [0.15, 0.2) is 29.1 Å². The van der Waals surface area contributed by atoms with Crippen molar-refractivity contribution in [3.8, 4) is 17.1 Å². The number of alkyl halides is 3. The Morgan fingerprint density at radius 2 is 1.79 bits per heavy atom. The first-order valence-electron chi connectivity index (χ1n) is 7.09. The van der Waals surface area contributed by atoms with E-state index in [9.17, 15) is 18.0 Å². The number of benzene rings is 1. The lowest BCUT2D eigenvalue weighted by Gasteiger charge is -2.09. The first kappa shape index (κ1) is 16.0. The molecule has 1 aromatic carbocycles. The van der Waals surface area contributed by atoms with Gasteiger partial charge in [0.05, 0.1) is 5.69 Å². The summed E-state index contributed by atoms with van der Waals surface area (Å²) in [7, 11) is 0. The molecule has 126 valence electrons. The van der Waals surface area contributed by atoms with E-state index in [0.29, 0.717) is 11.1 Å². The molecule has 2 heterocycles. The largest absolute Gasteiger partial charge is 0.573 e. The molecule has 0 fully saturated rings. The van der Waals surface area contributed by atoms with Gasteiger partial charge in [0.15, 0.2) is 5.52 Å². The molecule has 24 heavy (non-hydrogen) atoms. The smallest absolute Gasteiger partial charge is 0.406 e. The molecule has 9 heteroatoms. The Hall–Kier alpha value is -2.84. The van der Waals surface area contributed by atoms with Crippen molar-refractivity contribution in [2.45, 2.75) is 26.1 Å². The summed E-state index contributed by atoms with van der Waals surface area (Å²) >= 11 is 0. The molecule has 2 N–H and O–H groups in total. The van der Waals surface area contributed by atoms with Gasteiger partial charge < -0.3 is 9.72 Å². The molecule has 0 saturated heterocycles. The first-order valence-corrected chi connectivity index (χ1v) is 7.09. The molecular formula is C15H13F3N4O2. The highest BCUT2D eigenvalue weighted by molar-refractivity contribution is 5.78. The molecule has 0 unspecified atom stereocenters. The van der Waals surface area contributed by atoms with Crippen LogP contribution in [0.1, 0.15) is 25.5 Å². The number of halogens is 3. The Kier molecular flexibility index (Phi) is 3.78. The summed E-state index contributed by atoms with van der Waals surface area (Å²) in [5.41, 5.74) is 1.39. The topological polar surface area (TPSA) is 83.7 Å². The van der Waals surface area contributed by atoms with Gasteiger partial charge in [-0.1, -0.05) is 13.8 Å². The number of nitrogens with one attached hydrogen (secondary N) is 2. The molecule has 0 radical (unpaired) electrons. The van der Waals surface area contributed by atoms with Gasteiger partial charge in [-0.15, -0.1) is 13.2 Å². The number of ether oxygens (including phenoxy) is 1. The van der Waals surface area contributed by atoms with Crippen LogP contribution in [0, 0.1) is 0 Å². The van der Waals surface area contributed by atoms with E-state index in [0.717, 1.165) is 17.8 Å². The summed E-state index contributed by atoms with van der Waals surface area (Å²) in [6, 6.07) is 5.10. The SMILES string of the molecule is CC(C)c1[nH]nc2c(=O)[nH]c(-c3ccc(OC(F)(F)F)cc3)nc12. The van der Waals surface area contributed by atoms with Crippen LogP contribution in [0.25, 0.3) is 22.4 Å². The van der Waals surface area contributed by atoms with E-state index < -0.39 is 11.9 Å². The van der Waals surface area contributed by atoms with E-state index in [2.05, 4.69) is 24.9 Å². The molecule has 0 amide bonds. The molecule has 2 aromatic heterocycles. The van der Waals surface area contributed by atoms with Crippen molar-refractivity contribution in [3.63, 3.8) is 0 Å². The van der Waals surface area contributed by atoms with Gasteiger partial charge in [0.2, 0.25) is 0 Å². The number of aromatic amines is 2. The van der Waals surface area contributed by atoms with Crippen molar-refractivity contribution in [1.82, 2.24) is 20.2 Å². The van der Waals surface area contributed by atoms with Gasteiger partial charge in [0.1, 0.15) is 17.1 Å². The van der Waals surface area contributed by atoms with Gasteiger partial charge in [-0.3, -0.25) is 9.89 Å². The first-order chi connectivity index (χ1) is 11.2. The molecule has 3 rings (SSSR count). The van der Waals surface area contributed by atoms with Gasteiger partial charge in [-0.05, 0) is 30.2 Å². The van der Waals surface area contributed by atoms with Crippen molar-refractivity contribution in [2.75, 3.05) is 0 Å².